The number of aryl methyl sites for hydroxylation is 2. The van der Waals surface area contributed by atoms with Crippen molar-refractivity contribution in [3.05, 3.63) is 15.6 Å². The van der Waals surface area contributed by atoms with Crippen LogP contribution in [0.5, 0.6) is 0 Å². The summed E-state index contributed by atoms with van der Waals surface area (Å²) in [5, 5.41) is 7.75. The Morgan fingerprint density at radius 2 is 1.87 bits per heavy atom. The molecule has 1 fully saturated rings. The second kappa shape index (κ2) is 12.7. The maximum Gasteiger partial charge on any atom is 0.410 e. The highest BCUT2D eigenvalue weighted by Crippen LogP contribution is 2.16. The number of piperazine rings is 1. The Kier molecular flexibility index (Phi) is 11.3. The Bertz CT molecular complexity index is 676. The Labute approximate surface area is 201 Å². The third-order valence-corrected chi connectivity index (χ3v) is 5.74. The first-order valence-corrected chi connectivity index (χ1v) is 11.1. The molecule has 1 amide bonds. The molecule has 1 aromatic rings. The van der Waals surface area contributed by atoms with E-state index < -0.39 is 5.60 Å². The average Bonchev–Trinajstić information content (AvgIpc) is 2.98. The van der Waals surface area contributed by atoms with Crippen LogP contribution in [-0.2, 0) is 11.3 Å². The number of aliphatic imine (C=N–C) groups is 1. The van der Waals surface area contributed by atoms with Gasteiger partial charge in [0.1, 0.15) is 10.6 Å². The van der Waals surface area contributed by atoms with E-state index in [1.165, 1.54) is 4.88 Å². The molecule has 30 heavy (non-hydrogen) atoms. The molecule has 0 aliphatic carbocycles. The van der Waals surface area contributed by atoms with Crippen molar-refractivity contribution in [1.82, 2.24) is 25.4 Å². The van der Waals surface area contributed by atoms with Crippen molar-refractivity contribution in [3.63, 3.8) is 0 Å². The van der Waals surface area contributed by atoms with Crippen LogP contribution in [0.15, 0.2) is 4.99 Å². The molecule has 172 valence electrons. The first kappa shape index (κ1) is 26.9. The van der Waals surface area contributed by atoms with Gasteiger partial charge in [-0.3, -0.25) is 9.89 Å². The van der Waals surface area contributed by atoms with Gasteiger partial charge in [-0.25, -0.2) is 9.78 Å². The SMILES string of the molecule is CN=C(NCCCN1CCN(C(=O)OC(C)(C)C)CC1)NCc1nc(C)c(C)s1.I. The lowest BCUT2D eigenvalue weighted by Gasteiger charge is -2.35. The van der Waals surface area contributed by atoms with Crippen molar-refractivity contribution < 1.29 is 9.53 Å². The second-order valence-electron chi connectivity index (χ2n) is 8.26. The lowest BCUT2D eigenvalue weighted by Crippen LogP contribution is -2.50. The topological polar surface area (TPSA) is 82.1 Å². The summed E-state index contributed by atoms with van der Waals surface area (Å²) in [4.78, 5) is 26.4. The molecule has 0 atom stereocenters. The van der Waals surface area contributed by atoms with Crippen molar-refractivity contribution in [2.75, 3.05) is 46.3 Å². The first-order valence-electron chi connectivity index (χ1n) is 10.3. The number of nitrogens with one attached hydrogen (secondary N) is 2. The largest absolute Gasteiger partial charge is 0.444 e. The molecule has 1 aliphatic rings. The van der Waals surface area contributed by atoms with E-state index in [0.717, 1.165) is 62.4 Å². The summed E-state index contributed by atoms with van der Waals surface area (Å²) in [6, 6.07) is 0. The number of nitrogens with zero attached hydrogens (tertiary/aromatic N) is 4. The first-order chi connectivity index (χ1) is 13.7. The van der Waals surface area contributed by atoms with Crippen molar-refractivity contribution >= 4 is 47.4 Å². The maximum absolute atomic E-state index is 12.1. The molecule has 1 aliphatic heterocycles. The number of aromatic nitrogens is 1. The van der Waals surface area contributed by atoms with Gasteiger partial charge in [0.15, 0.2) is 5.96 Å². The van der Waals surface area contributed by atoms with Gasteiger partial charge >= 0.3 is 6.09 Å². The zero-order valence-electron chi connectivity index (χ0n) is 19.1. The standard InChI is InChI=1S/C20H36N6O2S.HI/c1-15-16(2)29-17(24-15)14-23-18(21-6)22-8-7-9-25-10-12-26(13-11-25)19(27)28-20(3,4)5;/h7-14H2,1-6H3,(H2,21,22,23);1H. The smallest absolute Gasteiger partial charge is 0.410 e. The van der Waals surface area contributed by atoms with Crippen molar-refractivity contribution in [3.8, 4) is 0 Å². The van der Waals surface area contributed by atoms with E-state index in [1.807, 2.05) is 27.7 Å². The summed E-state index contributed by atoms with van der Waals surface area (Å²) in [5.74, 6) is 0.797. The summed E-state index contributed by atoms with van der Waals surface area (Å²) in [6.07, 6.45) is 0.808. The van der Waals surface area contributed by atoms with Crippen molar-refractivity contribution in [2.24, 2.45) is 4.99 Å². The fraction of sp³-hybridized carbons (Fsp3) is 0.750. The number of ether oxygens (including phenoxy) is 1. The van der Waals surface area contributed by atoms with Gasteiger partial charge in [0, 0.05) is 44.6 Å². The van der Waals surface area contributed by atoms with Gasteiger partial charge in [0.2, 0.25) is 0 Å². The highest BCUT2D eigenvalue weighted by atomic mass is 127. The van der Waals surface area contributed by atoms with Crippen molar-refractivity contribution in [2.45, 2.75) is 53.2 Å². The van der Waals surface area contributed by atoms with Gasteiger partial charge in [-0.15, -0.1) is 35.3 Å². The number of hydrogen-bond donors (Lipinski definition) is 2. The summed E-state index contributed by atoms with van der Waals surface area (Å²) in [7, 11) is 1.78. The van der Waals surface area contributed by atoms with Crippen LogP contribution in [-0.4, -0.2) is 78.8 Å². The van der Waals surface area contributed by atoms with Crippen LogP contribution < -0.4 is 10.6 Å². The van der Waals surface area contributed by atoms with Gasteiger partial charge in [-0.05, 0) is 47.6 Å². The van der Waals surface area contributed by atoms with Gasteiger partial charge in [0.05, 0.1) is 12.2 Å². The highest BCUT2D eigenvalue weighted by Gasteiger charge is 2.25. The third kappa shape index (κ3) is 9.34. The Morgan fingerprint density at radius 3 is 2.40 bits per heavy atom. The molecule has 0 aromatic carbocycles. The van der Waals surface area contributed by atoms with Crippen LogP contribution >= 0.6 is 35.3 Å². The van der Waals surface area contributed by atoms with Crippen LogP contribution in [0.3, 0.4) is 0 Å². The fourth-order valence-electron chi connectivity index (χ4n) is 2.98. The quantitative estimate of drug-likeness (QED) is 0.245. The molecule has 2 N–H and O–H groups in total. The normalized spacial score (nSPS) is 15.5. The number of carbonyl (C=O) groups excluding carboxylic acids is 1. The summed E-state index contributed by atoms with van der Waals surface area (Å²) >= 11 is 1.72. The van der Waals surface area contributed by atoms with E-state index in [1.54, 1.807) is 23.3 Å². The Morgan fingerprint density at radius 1 is 1.20 bits per heavy atom. The summed E-state index contributed by atoms with van der Waals surface area (Å²) in [5.41, 5.74) is 0.658. The zero-order valence-corrected chi connectivity index (χ0v) is 22.2. The number of rotatable bonds is 6. The zero-order chi connectivity index (χ0) is 21.4. The second-order valence-corrected chi connectivity index (χ2v) is 9.55. The highest BCUT2D eigenvalue weighted by molar-refractivity contribution is 14.0. The van der Waals surface area contributed by atoms with Crippen LogP contribution in [0.4, 0.5) is 4.79 Å². The van der Waals surface area contributed by atoms with Crippen LogP contribution in [0.2, 0.25) is 0 Å². The molecule has 0 bridgehead atoms. The molecule has 1 saturated heterocycles. The van der Waals surface area contributed by atoms with Crippen LogP contribution in [0.1, 0.15) is 42.8 Å². The van der Waals surface area contributed by atoms with Gasteiger partial charge in [-0.2, -0.15) is 0 Å². The number of guanidine groups is 1. The predicted octanol–water partition coefficient (Wildman–Crippen LogP) is 2.99. The molecule has 0 unspecified atom stereocenters. The van der Waals surface area contributed by atoms with Gasteiger partial charge < -0.3 is 20.3 Å². The third-order valence-electron chi connectivity index (χ3n) is 4.67. The molecule has 1 aromatic heterocycles. The van der Waals surface area contributed by atoms with E-state index in [4.69, 9.17) is 4.74 Å². The molecule has 2 rings (SSSR count). The molecule has 10 heteroatoms. The minimum absolute atomic E-state index is 0. The van der Waals surface area contributed by atoms with E-state index in [0.29, 0.717) is 6.54 Å². The lowest BCUT2D eigenvalue weighted by atomic mass is 10.2. The number of thiazole rings is 1. The van der Waals surface area contributed by atoms with E-state index >= 15 is 0 Å². The lowest BCUT2D eigenvalue weighted by molar-refractivity contribution is 0.0145. The maximum atomic E-state index is 12.1. The molecule has 8 nitrogen and oxygen atoms in total. The van der Waals surface area contributed by atoms with Gasteiger partial charge in [-0.1, -0.05) is 0 Å². The van der Waals surface area contributed by atoms with E-state index in [9.17, 15) is 4.79 Å². The average molecular weight is 553 g/mol. The predicted molar refractivity (Wildman–Crippen MR) is 134 cm³/mol. The number of halogens is 1. The monoisotopic (exact) mass is 552 g/mol. The fourth-order valence-corrected chi connectivity index (χ4v) is 3.86. The molecule has 0 saturated carbocycles. The molecule has 0 spiro atoms. The number of hydrogen-bond acceptors (Lipinski definition) is 6. The Balaban J connectivity index is 0.00000450. The molecular weight excluding hydrogens is 515 g/mol. The minimum Gasteiger partial charge on any atom is -0.444 e. The van der Waals surface area contributed by atoms with Gasteiger partial charge in [0.25, 0.3) is 0 Å². The summed E-state index contributed by atoms with van der Waals surface area (Å²) in [6.45, 7) is 15.6. The van der Waals surface area contributed by atoms with Crippen LogP contribution in [0, 0.1) is 13.8 Å². The molecule has 2 heterocycles. The molecular formula is C20H37IN6O2S. The molecule has 0 radical (unpaired) electrons. The number of amides is 1. The number of carbonyl (C=O) groups is 1. The summed E-state index contributed by atoms with van der Waals surface area (Å²) < 4.78 is 5.45. The minimum atomic E-state index is -0.441. The Hall–Kier alpha value is -1.14. The van der Waals surface area contributed by atoms with Crippen LogP contribution in [0.25, 0.3) is 0 Å². The van der Waals surface area contributed by atoms with Crippen molar-refractivity contribution in [1.29, 1.82) is 0 Å². The van der Waals surface area contributed by atoms with E-state index in [2.05, 4.69) is 32.4 Å². The van der Waals surface area contributed by atoms with E-state index in [-0.39, 0.29) is 30.1 Å².